The number of nitrogens with zero attached hydrogens (tertiary/aromatic N) is 1. The average molecular weight is 332 g/mol. The van der Waals surface area contributed by atoms with Gasteiger partial charge in [-0.1, -0.05) is 41.4 Å². The second kappa shape index (κ2) is 6.07. The van der Waals surface area contributed by atoms with E-state index < -0.39 is 22.2 Å². The van der Waals surface area contributed by atoms with Gasteiger partial charge < -0.3 is 0 Å². The van der Waals surface area contributed by atoms with Crippen LogP contribution in [-0.2, 0) is 14.4 Å². The Hall–Kier alpha value is -3.11. The molecule has 0 saturated heterocycles. The third-order valence-corrected chi connectivity index (χ3v) is 4.43. The normalized spacial score (nSPS) is 15.4. The summed E-state index contributed by atoms with van der Waals surface area (Å²) in [4.78, 5) is 37.4. The molecule has 0 bridgehead atoms. The summed E-state index contributed by atoms with van der Waals surface area (Å²) >= 11 is 0. The Morgan fingerprint density at radius 2 is 1.48 bits per heavy atom. The summed E-state index contributed by atoms with van der Waals surface area (Å²) in [5.41, 5.74) is 3.58. The quantitative estimate of drug-likeness (QED) is 0.633. The van der Waals surface area contributed by atoms with Gasteiger partial charge in [0, 0.05) is 11.6 Å². The van der Waals surface area contributed by atoms with Gasteiger partial charge in [0.05, 0.1) is 19.1 Å². The van der Waals surface area contributed by atoms with Gasteiger partial charge in [-0.3, -0.25) is 0 Å². The average Bonchev–Trinajstić information content (AvgIpc) is 2.90. The molecule has 0 fully saturated rings. The number of hydrogen-bond acceptors (Lipinski definition) is 3. The fraction of sp³-hybridized carbons (Fsp3) is 0.0952. The Labute approximate surface area is 146 Å². The highest BCUT2D eigenvalue weighted by atomic mass is 16.2. The lowest BCUT2D eigenvalue weighted by Crippen LogP contribution is -2.58. The third-order valence-electron chi connectivity index (χ3n) is 4.43. The molecule has 0 aromatic heterocycles. The third kappa shape index (κ3) is 2.47. The van der Waals surface area contributed by atoms with Crippen LogP contribution in [0.1, 0.15) is 19.4 Å². The first-order chi connectivity index (χ1) is 11.9. The maximum atomic E-state index is 12.5. The number of amides is 3. The van der Waals surface area contributed by atoms with Gasteiger partial charge in [-0.2, -0.15) is 0 Å². The van der Waals surface area contributed by atoms with Crippen molar-refractivity contribution in [2.24, 2.45) is 0 Å². The summed E-state index contributed by atoms with van der Waals surface area (Å²) in [6.07, 6.45) is 2.33. The lowest BCUT2D eigenvalue weighted by molar-refractivity contribution is -0.146. The standard InChI is InChI=1S/C21H18NO3/c1-14(2)18-13-17(16-7-5-4-6-8-16)9-10-19(18)22(15(3)23)20(24)11-12-21(22)25/h4-13H,1H2,2-3H3/q+1. The van der Waals surface area contributed by atoms with Crippen LogP contribution in [-0.4, -0.2) is 17.7 Å². The zero-order valence-electron chi connectivity index (χ0n) is 14.2. The molecule has 0 N–H and O–H groups in total. The van der Waals surface area contributed by atoms with E-state index in [2.05, 4.69) is 6.58 Å². The van der Waals surface area contributed by atoms with Gasteiger partial charge in [0.1, 0.15) is 0 Å². The number of carbonyl (C=O) groups excluding carboxylic acids is 3. The molecular weight excluding hydrogens is 314 g/mol. The molecule has 4 nitrogen and oxygen atoms in total. The molecule has 0 radical (unpaired) electrons. The molecule has 0 atom stereocenters. The van der Waals surface area contributed by atoms with Gasteiger partial charge in [-0.25, -0.2) is 14.4 Å². The number of carbonyl (C=O) groups is 3. The first-order valence-electron chi connectivity index (χ1n) is 7.92. The smallest absolute Gasteiger partial charge is 0.230 e. The van der Waals surface area contributed by atoms with Crippen LogP contribution in [0, 0.1) is 0 Å². The van der Waals surface area contributed by atoms with Crippen molar-refractivity contribution >= 4 is 29.0 Å². The zero-order chi connectivity index (χ0) is 18.2. The summed E-state index contributed by atoms with van der Waals surface area (Å²) < 4.78 is -0.947. The van der Waals surface area contributed by atoms with E-state index in [1.807, 2.05) is 42.5 Å². The van der Waals surface area contributed by atoms with Crippen molar-refractivity contribution in [3.63, 3.8) is 0 Å². The predicted octanol–water partition coefficient (Wildman–Crippen LogP) is 3.86. The van der Waals surface area contributed by atoms with E-state index in [-0.39, 0.29) is 0 Å². The van der Waals surface area contributed by atoms with Crippen molar-refractivity contribution in [1.29, 1.82) is 0 Å². The summed E-state index contributed by atoms with van der Waals surface area (Å²) in [6.45, 7) is 7.02. The molecule has 124 valence electrons. The molecule has 25 heavy (non-hydrogen) atoms. The number of quaternary nitrogens is 1. The van der Waals surface area contributed by atoms with Gasteiger partial charge in [-0.05, 0) is 35.8 Å². The van der Waals surface area contributed by atoms with Gasteiger partial charge in [0.25, 0.3) is 0 Å². The van der Waals surface area contributed by atoms with E-state index >= 15 is 0 Å². The molecule has 3 rings (SSSR count). The Kier molecular flexibility index (Phi) is 4.07. The Morgan fingerprint density at radius 1 is 0.880 bits per heavy atom. The highest BCUT2D eigenvalue weighted by molar-refractivity contribution is 6.34. The van der Waals surface area contributed by atoms with Crippen LogP contribution >= 0.6 is 0 Å². The lowest BCUT2D eigenvalue weighted by atomic mass is 9.97. The minimum Gasteiger partial charge on any atom is -0.230 e. The summed E-state index contributed by atoms with van der Waals surface area (Å²) in [5, 5.41) is 0. The zero-order valence-corrected chi connectivity index (χ0v) is 14.2. The summed E-state index contributed by atoms with van der Waals surface area (Å²) in [7, 11) is 0. The van der Waals surface area contributed by atoms with Crippen molar-refractivity contribution in [2.75, 3.05) is 0 Å². The highest BCUT2D eigenvalue weighted by Gasteiger charge is 2.54. The Balaban J connectivity index is 2.27. The SMILES string of the molecule is C=C(C)c1cc(-c2ccccc2)ccc1[N+]1(C(C)=O)C(=O)C=CC1=O. The fourth-order valence-electron chi connectivity index (χ4n) is 3.17. The van der Waals surface area contributed by atoms with Crippen molar-refractivity contribution in [1.82, 2.24) is 4.48 Å². The number of benzene rings is 2. The van der Waals surface area contributed by atoms with E-state index in [9.17, 15) is 14.4 Å². The lowest BCUT2D eigenvalue weighted by Gasteiger charge is -2.26. The molecule has 4 heteroatoms. The maximum Gasteiger partial charge on any atom is 0.359 e. The van der Waals surface area contributed by atoms with E-state index in [0.29, 0.717) is 16.8 Å². The number of allylic oxidation sites excluding steroid dienone is 1. The molecule has 0 spiro atoms. The van der Waals surface area contributed by atoms with E-state index in [1.54, 1.807) is 13.0 Å². The topological polar surface area (TPSA) is 51.2 Å². The predicted molar refractivity (Wildman–Crippen MR) is 98.2 cm³/mol. The molecule has 2 aromatic rings. The van der Waals surface area contributed by atoms with Gasteiger partial charge in [-0.15, -0.1) is 0 Å². The molecule has 0 saturated carbocycles. The van der Waals surface area contributed by atoms with E-state index in [4.69, 9.17) is 0 Å². The van der Waals surface area contributed by atoms with Crippen LogP contribution in [0.5, 0.6) is 0 Å². The second-order valence-corrected chi connectivity index (χ2v) is 6.08. The first kappa shape index (κ1) is 16.7. The molecule has 1 heterocycles. The number of rotatable bonds is 3. The van der Waals surface area contributed by atoms with Crippen LogP contribution in [0.3, 0.4) is 0 Å². The van der Waals surface area contributed by atoms with Gasteiger partial charge >= 0.3 is 17.7 Å². The Bertz CT molecular complexity index is 921. The van der Waals surface area contributed by atoms with E-state index in [1.165, 1.54) is 6.92 Å². The van der Waals surface area contributed by atoms with Crippen molar-refractivity contribution in [3.8, 4) is 11.1 Å². The summed E-state index contributed by atoms with van der Waals surface area (Å²) in [5.74, 6) is -1.63. The van der Waals surface area contributed by atoms with Crippen molar-refractivity contribution in [3.05, 3.63) is 72.8 Å². The first-order valence-corrected chi connectivity index (χ1v) is 7.92. The molecule has 2 aromatic carbocycles. The van der Waals surface area contributed by atoms with Crippen LogP contribution in [0.2, 0.25) is 0 Å². The van der Waals surface area contributed by atoms with E-state index in [0.717, 1.165) is 23.3 Å². The van der Waals surface area contributed by atoms with Gasteiger partial charge in [0.2, 0.25) is 0 Å². The minimum atomic E-state index is -0.947. The highest BCUT2D eigenvalue weighted by Crippen LogP contribution is 2.38. The Morgan fingerprint density at radius 3 is 2.00 bits per heavy atom. The molecule has 3 amide bonds. The molecule has 0 aliphatic carbocycles. The molecule has 1 aliphatic rings. The van der Waals surface area contributed by atoms with Crippen LogP contribution < -0.4 is 4.48 Å². The second-order valence-electron chi connectivity index (χ2n) is 6.08. The van der Waals surface area contributed by atoms with Gasteiger partial charge in [0.15, 0.2) is 5.69 Å². The van der Waals surface area contributed by atoms with Crippen LogP contribution in [0.4, 0.5) is 5.69 Å². The van der Waals surface area contributed by atoms with Crippen molar-refractivity contribution in [2.45, 2.75) is 13.8 Å². The number of hydrogen-bond donors (Lipinski definition) is 0. The van der Waals surface area contributed by atoms with Crippen LogP contribution in [0.15, 0.2) is 67.3 Å². The molecule has 1 aliphatic heterocycles. The molecule has 0 unspecified atom stereocenters. The largest absolute Gasteiger partial charge is 0.359 e. The summed E-state index contributed by atoms with van der Waals surface area (Å²) in [6, 6.07) is 15.1. The van der Waals surface area contributed by atoms with Crippen LogP contribution in [0.25, 0.3) is 16.7 Å². The number of imide groups is 3. The monoisotopic (exact) mass is 332 g/mol. The van der Waals surface area contributed by atoms with Crippen molar-refractivity contribution < 1.29 is 14.4 Å². The fourth-order valence-corrected chi connectivity index (χ4v) is 3.17. The maximum absolute atomic E-state index is 12.5. The minimum absolute atomic E-state index is 0.347. The molecular formula is C21H18NO3+.